The van der Waals surface area contributed by atoms with Gasteiger partial charge in [0.05, 0.1) is 22.2 Å². The Morgan fingerprint density at radius 2 is 1.77 bits per heavy atom. The van der Waals surface area contributed by atoms with Crippen molar-refractivity contribution in [1.29, 1.82) is 0 Å². The van der Waals surface area contributed by atoms with Crippen molar-refractivity contribution in [2.24, 2.45) is 11.1 Å². The molecule has 11 nitrogen and oxygen atoms in total. The molecule has 12 heteroatoms. The second-order valence-electron chi connectivity index (χ2n) is 9.41. The number of nitrogens with zero attached hydrogens (tertiary/aromatic N) is 5. The number of methoxy groups -OCH3 is 2. The molecule has 1 fully saturated rings. The number of urea groups is 1. The minimum absolute atomic E-state index is 0.108. The number of amides is 2. The number of piperidine rings is 1. The molecule has 1 aliphatic heterocycles. The predicted octanol–water partition coefficient (Wildman–Crippen LogP) is 4.51. The maximum absolute atomic E-state index is 12.6. The van der Waals surface area contributed by atoms with Crippen molar-refractivity contribution in [2.75, 3.05) is 50.3 Å². The first kappa shape index (κ1) is 28.7. The van der Waals surface area contributed by atoms with Crippen LogP contribution in [-0.4, -0.2) is 67.4 Å². The zero-order chi connectivity index (χ0) is 28.2. The van der Waals surface area contributed by atoms with Crippen LogP contribution < -0.4 is 15.5 Å². The zero-order valence-corrected chi connectivity index (χ0v) is 23.9. The average molecular weight is 557 g/mol. The highest BCUT2D eigenvalue weighted by molar-refractivity contribution is 7.22. The van der Waals surface area contributed by atoms with E-state index in [-0.39, 0.29) is 5.97 Å². The number of fused-ring (bicyclic) bond motifs is 1. The van der Waals surface area contributed by atoms with Gasteiger partial charge in [0, 0.05) is 57.4 Å². The molecule has 2 amide bonds. The van der Waals surface area contributed by atoms with E-state index in [1.54, 1.807) is 26.6 Å². The Morgan fingerprint density at radius 1 is 1.10 bits per heavy atom. The van der Waals surface area contributed by atoms with Crippen molar-refractivity contribution in [2.45, 2.75) is 46.3 Å². The van der Waals surface area contributed by atoms with Gasteiger partial charge in [-0.25, -0.2) is 19.7 Å². The van der Waals surface area contributed by atoms with Gasteiger partial charge in [-0.15, -0.1) is 0 Å². The smallest absolute Gasteiger partial charge is 0.321 e. The molecule has 2 N–H and O–H groups in total. The molecule has 0 radical (unpaired) electrons. The van der Waals surface area contributed by atoms with Gasteiger partial charge in [0.15, 0.2) is 11.4 Å². The number of ether oxygens (including phenoxy) is 3. The first-order valence-electron chi connectivity index (χ1n) is 13.1. The summed E-state index contributed by atoms with van der Waals surface area (Å²) in [5.74, 6) is 0.513. The first-order chi connectivity index (χ1) is 18.8. The SMILES string of the molecule is CCOC(=O)C1(CC)CCN(c2ncc(-c3cc(C(OC)OC)c4sc(N(CC)C(N)=O)nc4c3)cn2)CC1. The molecule has 3 aromatic rings. The van der Waals surface area contributed by atoms with Crippen LogP contribution in [0.4, 0.5) is 15.9 Å². The number of esters is 1. The summed E-state index contributed by atoms with van der Waals surface area (Å²) in [5, 5.41) is 0.507. The topological polar surface area (TPSA) is 133 Å². The first-order valence-corrected chi connectivity index (χ1v) is 13.9. The molecule has 2 aromatic heterocycles. The molecular weight excluding hydrogens is 520 g/mol. The van der Waals surface area contributed by atoms with Gasteiger partial charge in [0.25, 0.3) is 0 Å². The van der Waals surface area contributed by atoms with E-state index in [1.165, 1.54) is 16.2 Å². The summed E-state index contributed by atoms with van der Waals surface area (Å²) < 4.78 is 17.3. The van der Waals surface area contributed by atoms with Crippen molar-refractivity contribution < 1.29 is 23.8 Å². The standard InChI is InChI=1S/C27H36N6O5S/c1-6-27(23(34)38-8-3)9-11-32(12-10-27)25-29-15-18(16-30-25)17-13-19(22(36-4)37-5)21-20(14-17)31-26(39-21)33(7-2)24(28)35/h13-16,22H,6-12H2,1-5H3,(H2,28,35). The number of thiazole rings is 1. The molecule has 0 aliphatic carbocycles. The Hall–Kier alpha value is -3.35. The van der Waals surface area contributed by atoms with E-state index in [4.69, 9.17) is 19.9 Å². The molecule has 210 valence electrons. The molecule has 0 unspecified atom stereocenters. The average Bonchev–Trinajstić information content (AvgIpc) is 3.38. The van der Waals surface area contributed by atoms with Gasteiger partial charge in [-0.1, -0.05) is 18.3 Å². The summed E-state index contributed by atoms with van der Waals surface area (Å²) >= 11 is 1.36. The van der Waals surface area contributed by atoms with E-state index in [0.717, 1.165) is 27.8 Å². The number of nitrogens with two attached hydrogens (primary N) is 1. The fourth-order valence-electron chi connectivity index (χ4n) is 4.99. The van der Waals surface area contributed by atoms with E-state index in [9.17, 15) is 9.59 Å². The lowest BCUT2D eigenvalue weighted by atomic mass is 9.76. The van der Waals surface area contributed by atoms with Crippen LogP contribution in [0, 0.1) is 5.41 Å². The Morgan fingerprint density at radius 3 is 2.31 bits per heavy atom. The van der Waals surface area contributed by atoms with E-state index in [0.29, 0.717) is 55.7 Å². The van der Waals surface area contributed by atoms with E-state index in [2.05, 4.69) is 19.9 Å². The van der Waals surface area contributed by atoms with Crippen LogP contribution in [-0.2, 0) is 19.0 Å². The van der Waals surface area contributed by atoms with Gasteiger partial charge in [-0.05, 0) is 50.8 Å². The Balaban J connectivity index is 1.62. The molecular formula is C27H36N6O5S. The fraction of sp³-hybridized carbons (Fsp3) is 0.519. The zero-order valence-electron chi connectivity index (χ0n) is 23.1. The van der Waals surface area contributed by atoms with Crippen molar-refractivity contribution >= 4 is 44.6 Å². The van der Waals surface area contributed by atoms with E-state index < -0.39 is 17.7 Å². The number of anilines is 2. The molecule has 0 bridgehead atoms. The van der Waals surface area contributed by atoms with Gasteiger partial charge in [0.2, 0.25) is 5.95 Å². The molecule has 39 heavy (non-hydrogen) atoms. The predicted molar refractivity (Wildman–Crippen MR) is 151 cm³/mol. The minimum atomic E-state index is -0.629. The lowest BCUT2D eigenvalue weighted by Gasteiger charge is -2.39. The monoisotopic (exact) mass is 556 g/mol. The quantitative estimate of drug-likeness (QED) is 0.283. The van der Waals surface area contributed by atoms with Gasteiger partial charge in [-0.3, -0.25) is 9.69 Å². The number of carbonyl (C=O) groups excluding carboxylic acids is 2. The molecule has 1 aliphatic rings. The van der Waals surface area contributed by atoms with E-state index in [1.807, 2.05) is 32.9 Å². The van der Waals surface area contributed by atoms with Crippen molar-refractivity contribution in [3.8, 4) is 11.1 Å². The molecule has 0 atom stereocenters. The second-order valence-corrected chi connectivity index (χ2v) is 10.4. The van der Waals surface area contributed by atoms with Crippen LogP contribution in [0.1, 0.15) is 51.9 Å². The Kier molecular flexibility index (Phi) is 8.98. The van der Waals surface area contributed by atoms with Crippen LogP contribution >= 0.6 is 11.3 Å². The summed E-state index contributed by atoms with van der Waals surface area (Å²) in [7, 11) is 3.14. The molecule has 0 saturated carbocycles. The van der Waals surface area contributed by atoms with Crippen molar-refractivity contribution in [3.05, 3.63) is 30.1 Å². The molecule has 1 saturated heterocycles. The van der Waals surface area contributed by atoms with Crippen LogP contribution in [0.5, 0.6) is 0 Å². The molecule has 3 heterocycles. The highest BCUT2D eigenvalue weighted by Crippen LogP contribution is 2.39. The normalized spacial score (nSPS) is 15.1. The molecule has 4 rings (SSSR count). The fourth-order valence-corrected chi connectivity index (χ4v) is 6.13. The highest BCUT2D eigenvalue weighted by Gasteiger charge is 2.41. The Bertz CT molecular complexity index is 1300. The van der Waals surface area contributed by atoms with Crippen LogP contribution in [0.25, 0.3) is 21.3 Å². The lowest BCUT2D eigenvalue weighted by Crippen LogP contribution is -2.45. The largest absolute Gasteiger partial charge is 0.466 e. The van der Waals surface area contributed by atoms with Crippen LogP contribution in [0.15, 0.2) is 24.5 Å². The van der Waals surface area contributed by atoms with Crippen LogP contribution in [0.3, 0.4) is 0 Å². The third kappa shape index (κ3) is 5.68. The highest BCUT2D eigenvalue weighted by atomic mass is 32.1. The number of aromatic nitrogens is 3. The van der Waals surface area contributed by atoms with Gasteiger partial charge in [-0.2, -0.15) is 0 Å². The number of hydrogen-bond donors (Lipinski definition) is 1. The molecule has 0 spiro atoms. The third-order valence-corrected chi connectivity index (χ3v) is 8.51. The number of primary amides is 1. The number of hydrogen-bond acceptors (Lipinski definition) is 10. The Labute approximate surface area is 232 Å². The summed E-state index contributed by atoms with van der Waals surface area (Å²) in [6, 6.07) is 3.34. The summed E-state index contributed by atoms with van der Waals surface area (Å²) in [6.45, 7) is 7.88. The van der Waals surface area contributed by atoms with E-state index >= 15 is 0 Å². The van der Waals surface area contributed by atoms with Crippen molar-refractivity contribution in [1.82, 2.24) is 15.0 Å². The lowest BCUT2D eigenvalue weighted by molar-refractivity contribution is -0.157. The summed E-state index contributed by atoms with van der Waals surface area (Å²) in [5.41, 5.74) is 8.24. The minimum Gasteiger partial charge on any atom is -0.466 e. The maximum Gasteiger partial charge on any atom is 0.321 e. The summed E-state index contributed by atoms with van der Waals surface area (Å²) in [6.07, 6.45) is 5.09. The van der Waals surface area contributed by atoms with Crippen LogP contribution in [0.2, 0.25) is 0 Å². The third-order valence-electron chi connectivity index (χ3n) is 7.36. The van der Waals surface area contributed by atoms with Gasteiger partial charge >= 0.3 is 12.0 Å². The number of benzene rings is 1. The number of carbonyl (C=O) groups is 2. The van der Waals surface area contributed by atoms with Gasteiger partial charge in [0.1, 0.15) is 0 Å². The molecule has 1 aromatic carbocycles. The van der Waals surface area contributed by atoms with Gasteiger partial charge < -0.3 is 24.8 Å². The maximum atomic E-state index is 12.6. The number of rotatable bonds is 10. The van der Waals surface area contributed by atoms with Crippen molar-refractivity contribution in [3.63, 3.8) is 0 Å². The summed E-state index contributed by atoms with van der Waals surface area (Å²) in [4.78, 5) is 42.0. The second kappa shape index (κ2) is 12.2.